The third-order valence-electron chi connectivity index (χ3n) is 15.1. The number of methoxy groups -OCH3 is 4. The van der Waals surface area contributed by atoms with Gasteiger partial charge in [-0.25, -0.2) is 4.79 Å². The average Bonchev–Trinajstić information content (AvgIpc) is 3.29. The van der Waals surface area contributed by atoms with Crippen molar-refractivity contribution in [2.24, 2.45) is 41.4 Å². The molecule has 13 heteroatoms. The standard InChI is InChI=1S/C53H83NO12/c1-32-18-14-13-15-19-33(2)45(62-10)30-41-24-22-39(8)53(60,66-41)50(57)51(58)54-25-17-16-20-42(54)52(59)65-46(36(5)28-40-23-21-34(3)44(29-40)61-9)31-43(55)35(4)27-38(7)48(63-11)49(64-12)47(56)37(6)26-32/h13-15,18-19,27,32,34-37,39-42,44-46,48-49,60H,16-17,20-26,28-31H2,1-12H3/b15-13?,18-14+,33-19?,38-27+/t32-,34-,35-,36-,37-,39-,40+,41+,42+,44-,45+,46+,48-,49+,53-/m1/s1. The van der Waals surface area contributed by atoms with Crippen molar-refractivity contribution in [3.63, 3.8) is 0 Å². The molecule has 1 saturated carbocycles. The normalized spacial score (nSPS) is 38.7. The number of amides is 1. The van der Waals surface area contributed by atoms with Crippen LogP contribution in [0.25, 0.3) is 0 Å². The van der Waals surface area contributed by atoms with E-state index < -0.39 is 71.8 Å². The van der Waals surface area contributed by atoms with Crippen molar-refractivity contribution in [3.8, 4) is 0 Å². The lowest BCUT2D eigenvalue weighted by atomic mass is 9.76. The predicted octanol–water partition coefficient (Wildman–Crippen LogP) is 8.11. The number of cyclic esters (lactones) is 1. The van der Waals surface area contributed by atoms with Gasteiger partial charge < -0.3 is 38.4 Å². The van der Waals surface area contributed by atoms with Crippen molar-refractivity contribution in [2.75, 3.05) is 35.0 Å². The first-order valence-corrected chi connectivity index (χ1v) is 24.6. The first kappa shape index (κ1) is 55.3. The Bertz CT molecular complexity index is 1770. The van der Waals surface area contributed by atoms with Crippen LogP contribution in [0.3, 0.4) is 0 Å². The zero-order valence-electron chi connectivity index (χ0n) is 42.1. The maximum absolute atomic E-state index is 14.4. The van der Waals surface area contributed by atoms with Crippen LogP contribution in [-0.2, 0) is 52.4 Å². The molecule has 0 aromatic rings. The van der Waals surface area contributed by atoms with Gasteiger partial charge in [-0.05, 0) is 113 Å². The van der Waals surface area contributed by atoms with Crippen LogP contribution in [0.1, 0.15) is 132 Å². The number of carbonyl (C=O) groups excluding carboxylic acids is 5. The number of carbonyl (C=O) groups is 5. The van der Waals surface area contributed by atoms with Crippen molar-refractivity contribution < 1.29 is 57.5 Å². The smallest absolute Gasteiger partial charge is 0.329 e. The minimum atomic E-state index is -2.40. The molecule has 3 fully saturated rings. The molecular formula is C53H83NO12. The third-order valence-corrected chi connectivity index (χ3v) is 15.1. The first-order chi connectivity index (χ1) is 31.3. The quantitative estimate of drug-likeness (QED) is 0.148. The zero-order chi connectivity index (χ0) is 48.9. The number of nitrogens with zero attached hydrogens (tertiary/aromatic N) is 1. The van der Waals surface area contributed by atoms with Crippen molar-refractivity contribution in [3.05, 3.63) is 47.6 Å². The second-order valence-corrected chi connectivity index (χ2v) is 20.2. The van der Waals surface area contributed by atoms with Crippen molar-refractivity contribution >= 4 is 29.2 Å². The molecule has 4 rings (SSSR count). The molecule has 15 atom stereocenters. The molecule has 66 heavy (non-hydrogen) atoms. The Morgan fingerprint density at radius 2 is 1.52 bits per heavy atom. The lowest BCUT2D eigenvalue weighted by Crippen LogP contribution is -2.61. The van der Waals surface area contributed by atoms with E-state index in [1.54, 1.807) is 34.1 Å². The summed E-state index contributed by atoms with van der Waals surface area (Å²) in [6.45, 7) is 15.5. The summed E-state index contributed by atoms with van der Waals surface area (Å²) in [6, 6.07) is -1.09. The Morgan fingerprint density at radius 1 is 0.803 bits per heavy atom. The van der Waals surface area contributed by atoms with Crippen LogP contribution >= 0.6 is 0 Å². The van der Waals surface area contributed by atoms with Gasteiger partial charge in [-0.3, -0.25) is 19.2 Å². The first-order valence-electron chi connectivity index (χ1n) is 24.6. The zero-order valence-corrected chi connectivity index (χ0v) is 42.1. The number of esters is 1. The predicted molar refractivity (Wildman–Crippen MR) is 253 cm³/mol. The monoisotopic (exact) mass is 926 g/mol. The van der Waals surface area contributed by atoms with Crippen LogP contribution in [0.15, 0.2) is 47.6 Å². The molecule has 4 aliphatic rings. The van der Waals surface area contributed by atoms with E-state index in [2.05, 4.69) is 13.8 Å². The number of ketones is 3. The lowest BCUT2D eigenvalue weighted by Gasteiger charge is -2.42. The molecule has 3 aliphatic heterocycles. The van der Waals surface area contributed by atoms with E-state index in [4.69, 9.17) is 28.4 Å². The minimum absolute atomic E-state index is 0.0710. The largest absolute Gasteiger partial charge is 0.460 e. The molecule has 2 bridgehead atoms. The van der Waals surface area contributed by atoms with Gasteiger partial charge in [0.05, 0.1) is 18.3 Å². The highest BCUT2D eigenvalue weighted by atomic mass is 16.6. The van der Waals surface area contributed by atoms with Gasteiger partial charge in [-0.1, -0.05) is 78.0 Å². The summed E-state index contributed by atoms with van der Waals surface area (Å²) in [5.74, 6) is -6.55. The van der Waals surface area contributed by atoms with Gasteiger partial charge >= 0.3 is 5.97 Å². The molecule has 0 unspecified atom stereocenters. The van der Waals surface area contributed by atoms with Crippen molar-refractivity contribution in [1.29, 1.82) is 0 Å². The Labute approximate surface area is 395 Å². The number of rotatable bonds is 7. The fourth-order valence-corrected chi connectivity index (χ4v) is 10.7. The fourth-order valence-electron chi connectivity index (χ4n) is 10.7. The van der Waals surface area contributed by atoms with Crippen molar-refractivity contribution in [2.45, 2.75) is 181 Å². The van der Waals surface area contributed by atoms with Gasteiger partial charge in [0, 0.05) is 65.6 Å². The average molecular weight is 926 g/mol. The molecule has 2 saturated heterocycles. The number of hydrogen-bond donors (Lipinski definition) is 1. The summed E-state index contributed by atoms with van der Waals surface area (Å²) in [6.07, 6.45) is 15.0. The van der Waals surface area contributed by atoms with E-state index in [0.29, 0.717) is 62.4 Å². The van der Waals surface area contributed by atoms with Crippen molar-refractivity contribution in [1.82, 2.24) is 4.90 Å². The van der Waals surface area contributed by atoms with Crippen LogP contribution in [-0.4, -0.2) is 123 Å². The van der Waals surface area contributed by atoms with Crippen LogP contribution in [0.5, 0.6) is 0 Å². The Kier molecular flexibility index (Phi) is 21.7. The summed E-state index contributed by atoms with van der Waals surface area (Å²) in [7, 11) is 6.35. The second kappa shape index (κ2) is 25.9. The van der Waals surface area contributed by atoms with Crippen LogP contribution in [0, 0.1) is 41.4 Å². The van der Waals surface area contributed by atoms with E-state index in [1.165, 1.54) is 19.1 Å². The third kappa shape index (κ3) is 14.4. The van der Waals surface area contributed by atoms with Crippen LogP contribution < -0.4 is 0 Å². The van der Waals surface area contributed by atoms with Crippen LogP contribution in [0.4, 0.5) is 0 Å². The molecule has 3 heterocycles. The molecule has 1 amide bonds. The number of hydrogen-bond acceptors (Lipinski definition) is 12. The van der Waals surface area contributed by atoms with E-state index in [-0.39, 0.29) is 54.8 Å². The summed E-state index contributed by atoms with van der Waals surface area (Å²) in [4.78, 5) is 72.4. The van der Waals surface area contributed by atoms with E-state index in [0.717, 1.165) is 24.8 Å². The highest BCUT2D eigenvalue weighted by Gasteiger charge is 2.53. The van der Waals surface area contributed by atoms with Gasteiger partial charge in [-0.2, -0.15) is 0 Å². The number of aliphatic hydroxyl groups is 1. The van der Waals surface area contributed by atoms with Gasteiger partial charge in [0.15, 0.2) is 5.78 Å². The van der Waals surface area contributed by atoms with Gasteiger partial charge in [0.25, 0.3) is 11.7 Å². The Balaban J connectivity index is 1.72. The SMILES string of the molecule is CO[C@H]1C[C@@H]2CC[C@@H](C)[C@@](O)(O2)C(=O)C(=O)N2CCCC[C@H]2C(=O)O[C@H]([C@H](C)C[C@@H]2CC[C@@H](C)[C@H](OC)C2)CC(=O)[C@H](C)/C=C(\C)[C@@H](OC)[C@@H](OC)C(=O)[C@H](C)C[C@H](C)/C=C/C=CC=C1C. The summed E-state index contributed by atoms with van der Waals surface area (Å²) >= 11 is 0. The number of ether oxygens (including phenoxy) is 6. The van der Waals surface area contributed by atoms with Gasteiger partial charge in [0.2, 0.25) is 5.79 Å². The molecular weight excluding hydrogens is 843 g/mol. The Hall–Kier alpha value is -3.33. The van der Waals surface area contributed by atoms with E-state index in [1.807, 2.05) is 58.1 Å². The summed E-state index contributed by atoms with van der Waals surface area (Å²) in [5, 5.41) is 12.0. The highest BCUT2D eigenvalue weighted by Crippen LogP contribution is 2.38. The number of Topliss-reactive ketones (excluding diaryl/α,β-unsaturated/α-hetero) is 3. The molecule has 1 aliphatic carbocycles. The minimum Gasteiger partial charge on any atom is -0.460 e. The molecule has 0 spiro atoms. The molecule has 0 aromatic carbocycles. The molecule has 1 N–H and O–H groups in total. The number of fused-ring (bicyclic) bond motifs is 3. The van der Waals surface area contributed by atoms with Crippen LogP contribution in [0.2, 0.25) is 0 Å². The highest BCUT2D eigenvalue weighted by molar-refractivity contribution is 6.39. The fraction of sp³-hybridized carbons (Fsp3) is 0.755. The molecule has 13 nitrogen and oxygen atoms in total. The maximum atomic E-state index is 14.4. The molecule has 0 radical (unpaired) electrons. The number of piperidine rings is 1. The van der Waals surface area contributed by atoms with Gasteiger partial charge in [0.1, 0.15) is 30.1 Å². The Morgan fingerprint density at radius 3 is 2.18 bits per heavy atom. The summed E-state index contributed by atoms with van der Waals surface area (Å²) in [5.41, 5.74) is 1.57. The molecule has 372 valence electrons. The maximum Gasteiger partial charge on any atom is 0.329 e. The number of allylic oxidation sites excluding steroid dienone is 6. The van der Waals surface area contributed by atoms with E-state index >= 15 is 0 Å². The second-order valence-electron chi connectivity index (χ2n) is 20.2. The lowest BCUT2D eigenvalue weighted by molar-refractivity contribution is -0.265. The van der Waals surface area contributed by atoms with Gasteiger partial charge in [-0.15, -0.1) is 0 Å². The topological polar surface area (TPSA) is 164 Å². The molecule has 0 aromatic heterocycles. The van der Waals surface area contributed by atoms with E-state index in [9.17, 15) is 29.1 Å². The summed E-state index contributed by atoms with van der Waals surface area (Å²) < 4.78 is 35.9.